The zero-order valence-corrected chi connectivity index (χ0v) is 15.8. The Bertz CT molecular complexity index is 606. The maximum atomic E-state index is 5.44. The Morgan fingerprint density at radius 1 is 1.08 bits per heavy atom. The molecule has 0 spiro atoms. The quantitative estimate of drug-likeness (QED) is 0.833. The standard InChI is InChI=1S/C21H32N2O2/c1-13(8-14-4-7-20(24-2)21(9-14)25-3)23-19-10-15-5-6-16(19)18-12-22-11-17(15)18/h4,7,9,13,15-19,22-23H,5-6,8,10-12H2,1-3H3/t13?,15-,16-,17+,18-,19-/m1/s1. The molecule has 4 fully saturated rings. The van der Waals surface area contributed by atoms with Gasteiger partial charge in [0.15, 0.2) is 11.5 Å². The zero-order chi connectivity index (χ0) is 17.4. The van der Waals surface area contributed by atoms with E-state index in [1.807, 2.05) is 6.07 Å². The predicted octanol–water partition coefficient (Wildman–Crippen LogP) is 2.86. The summed E-state index contributed by atoms with van der Waals surface area (Å²) in [6.07, 6.45) is 5.29. The summed E-state index contributed by atoms with van der Waals surface area (Å²) in [5.74, 6) is 5.31. The minimum Gasteiger partial charge on any atom is -0.493 e. The summed E-state index contributed by atoms with van der Waals surface area (Å²) in [6, 6.07) is 7.47. The Labute approximate surface area is 151 Å². The Morgan fingerprint density at radius 2 is 1.88 bits per heavy atom. The zero-order valence-electron chi connectivity index (χ0n) is 15.8. The summed E-state index contributed by atoms with van der Waals surface area (Å²) < 4.78 is 10.8. The molecular formula is C21H32N2O2. The fraction of sp³-hybridized carbons (Fsp3) is 0.714. The van der Waals surface area contributed by atoms with Crippen LogP contribution < -0.4 is 20.1 Å². The van der Waals surface area contributed by atoms with Crippen molar-refractivity contribution in [2.75, 3.05) is 27.3 Å². The molecular weight excluding hydrogens is 312 g/mol. The van der Waals surface area contributed by atoms with Crippen LogP contribution in [0.5, 0.6) is 11.5 Å². The van der Waals surface area contributed by atoms with E-state index in [2.05, 4.69) is 29.7 Å². The van der Waals surface area contributed by atoms with E-state index in [4.69, 9.17) is 9.47 Å². The third-order valence-electron chi connectivity index (χ3n) is 6.90. The van der Waals surface area contributed by atoms with Crippen LogP contribution in [-0.2, 0) is 6.42 Å². The molecule has 0 radical (unpaired) electrons. The average molecular weight is 344 g/mol. The molecule has 3 saturated carbocycles. The van der Waals surface area contributed by atoms with E-state index >= 15 is 0 Å². The van der Waals surface area contributed by atoms with Gasteiger partial charge in [0.2, 0.25) is 0 Å². The van der Waals surface area contributed by atoms with Crippen LogP contribution in [0, 0.1) is 23.7 Å². The summed E-state index contributed by atoms with van der Waals surface area (Å²) in [5.41, 5.74) is 1.30. The second-order valence-corrected chi connectivity index (χ2v) is 8.29. The largest absolute Gasteiger partial charge is 0.493 e. The summed E-state index contributed by atoms with van der Waals surface area (Å²) in [7, 11) is 3.39. The molecule has 138 valence electrons. The van der Waals surface area contributed by atoms with Crippen LogP contribution in [0.4, 0.5) is 0 Å². The average Bonchev–Trinajstić information content (AvgIpc) is 3.13. The van der Waals surface area contributed by atoms with Crippen molar-refractivity contribution in [2.24, 2.45) is 23.7 Å². The summed E-state index contributed by atoms with van der Waals surface area (Å²) in [5, 5.41) is 7.63. The molecule has 1 aromatic carbocycles. The van der Waals surface area contributed by atoms with Crippen molar-refractivity contribution in [1.82, 2.24) is 10.6 Å². The van der Waals surface area contributed by atoms with E-state index < -0.39 is 0 Å². The fourth-order valence-corrected chi connectivity index (χ4v) is 5.81. The SMILES string of the molecule is COc1ccc(CC(C)N[C@@H]2C[C@H]3CC[C@@H]2[C@H]2CNC[C@@H]32)cc1OC. The molecule has 0 amide bonds. The molecule has 1 saturated heterocycles. The first-order valence-electron chi connectivity index (χ1n) is 9.87. The number of hydrogen-bond acceptors (Lipinski definition) is 4. The normalized spacial score (nSPS) is 34.6. The van der Waals surface area contributed by atoms with Crippen LogP contribution in [0.1, 0.15) is 31.7 Å². The highest BCUT2D eigenvalue weighted by molar-refractivity contribution is 5.43. The van der Waals surface area contributed by atoms with Crippen LogP contribution in [0.25, 0.3) is 0 Å². The van der Waals surface area contributed by atoms with Gasteiger partial charge < -0.3 is 20.1 Å². The Morgan fingerprint density at radius 3 is 2.68 bits per heavy atom. The molecule has 25 heavy (non-hydrogen) atoms. The van der Waals surface area contributed by atoms with E-state index in [-0.39, 0.29) is 0 Å². The number of benzene rings is 1. The van der Waals surface area contributed by atoms with E-state index in [1.165, 1.54) is 37.9 Å². The van der Waals surface area contributed by atoms with Gasteiger partial charge >= 0.3 is 0 Å². The number of fused-ring (bicyclic) bond motifs is 2. The second-order valence-electron chi connectivity index (χ2n) is 8.29. The van der Waals surface area contributed by atoms with Crippen molar-refractivity contribution in [3.05, 3.63) is 23.8 Å². The first-order valence-corrected chi connectivity index (χ1v) is 9.87. The number of methoxy groups -OCH3 is 2. The molecule has 0 aromatic heterocycles. The number of nitrogens with one attached hydrogen (secondary N) is 2. The minimum absolute atomic E-state index is 0.482. The number of hydrogen-bond donors (Lipinski definition) is 2. The van der Waals surface area contributed by atoms with Gasteiger partial charge in [-0.1, -0.05) is 6.07 Å². The molecule has 1 aliphatic heterocycles. The highest BCUT2D eigenvalue weighted by Gasteiger charge is 2.50. The third-order valence-corrected chi connectivity index (χ3v) is 6.90. The lowest BCUT2D eigenvalue weighted by molar-refractivity contribution is 0.0208. The number of rotatable bonds is 6. The van der Waals surface area contributed by atoms with E-state index in [1.54, 1.807) is 14.2 Å². The molecule has 3 aliphatic carbocycles. The van der Waals surface area contributed by atoms with Crippen molar-refractivity contribution >= 4 is 0 Å². The van der Waals surface area contributed by atoms with Gasteiger partial charge in [-0.15, -0.1) is 0 Å². The molecule has 6 atom stereocenters. The molecule has 4 aliphatic rings. The fourth-order valence-electron chi connectivity index (χ4n) is 5.81. The summed E-state index contributed by atoms with van der Waals surface area (Å²) in [4.78, 5) is 0. The smallest absolute Gasteiger partial charge is 0.160 e. The molecule has 2 N–H and O–H groups in total. The highest BCUT2D eigenvalue weighted by atomic mass is 16.5. The predicted molar refractivity (Wildman–Crippen MR) is 100 cm³/mol. The van der Waals surface area contributed by atoms with Gasteiger partial charge in [-0.25, -0.2) is 0 Å². The second kappa shape index (κ2) is 7.16. The van der Waals surface area contributed by atoms with Gasteiger partial charge in [-0.2, -0.15) is 0 Å². The van der Waals surface area contributed by atoms with Crippen molar-refractivity contribution in [3.8, 4) is 11.5 Å². The van der Waals surface area contributed by atoms with Crippen molar-refractivity contribution in [2.45, 2.75) is 44.7 Å². The highest BCUT2D eigenvalue weighted by Crippen LogP contribution is 2.50. The molecule has 1 unspecified atom stereocenters. The molecule has 1 heterocycles. The van der Waals surface area contributed by atoms with Gasteiger partial charge in [0.05, 0.1) is 14.2 Å². The van der Waals surface area contributed by atoms with Crippen molar-refractivity contribution < 1.29 is 9.47 Å². The van der Waals surface area contributed by atoms with Crippen LogP contribution >= 0.6 is 0 Å². The van der Waals surface area contributed by atoms with Gasteiger partial charge in [0.25, 0.3) is 0 Å². The van der Waals surface area contributed by atoms with Gasteiger partial charge in [0.1, 0.15) is 0 Å². The first-order chi connectivity index (χ1) is 12.2. The van der Waals surface area contributed by atoms with Crippen LogP contribution in [0.3, 0.4) is 0 Å². The Kier molecular flexibility index (Phi) is 4.92. The van der Waals surface area contributed by atoms with Gasteiger partial charge in [-0.05, 0) is 87.1 Å². The van der Waals surface area contributed by atoms with Crippen LogP contribution in [0.2, 0.25) is 0 Å². The summed E-state index contributed by atoms with van der Waals surface area (Å²) >= 11 is 0. The van der Waals surface area contributed by atoms with Crippen LogP contribution in [-0.4, -0.2) is 39.4 Å². The number of ether oxygens (including phenoxy) is 2. The molecule has 2 bridgehead atoms. The lowest BCUT2D eigenvalue weighted by atomic mass is 9.57. The third kappa shape index (κ3) is 3.26. The maximum absolute atomic E-state index is 5.44. The molecule has 4 nitrogen and oxygen atoms in total. The topological polar surface area (TPSA) is 42.5 Å². The molecule has 1 aromatic rings. The first kappa shape index (κ1) is 17.2. The molecule has 5 rings (SSSR count). The lowest BCUT2D eigenvalue weighted by Gasteiger charge is -2.51. The van der Waals surface area contributed by atoms with Crippen molar-refractivity contribution in [3.63, 3.8) is 0 Å². The maximum Gasteiger partial charge on any atom is 0.160 e. The summed E-state index contributed by atoms with van der Waals surface area (Å²) in [6.45, 7) is 4.83. The monoisotopic (exact) mass is 344 g/mol. The van der Waals surface area contributed by atoms with E-state index in [9.17, 15) is 0 Å². The minimum atomic E-state index is 0.482. The Hall–Kier alpha value is -1.26. The Balaban J connectivity index is 1.39. The lowest BCUT2D eigenvalue weighted by Crippen LogP contribution is -2.55. The van der Waals surface area contributed by atoms with E-state index in [0.717, 1.165) is 41.6 Å². The van der Waals surface area contributed by atoms with Crippen molar-refractivity contribution in [1.29, 1.82) is 0 Å². The van der Waals surface area contributed by atoms with E-state index in [0.29, 0.717) is 12.1 Å². The van der Waals surface area contributed by atoms with Crippen LogP contribution in [0.15, 0.2) is 18.2 Å². The molecule has 4 heteroatoms. The van der Waals surface area contributed by atoms with Gasteiger partial charge in [-0.3, -0.25) is 0 Å². The van der Waals surface area contributed by atoms with Gasteiger partial charge in [0, 0.05) is 12.1 Å².